The smallest absolute Gasteiger partial charge is 0.544 e. The number of rotatable bonds is 5. The van der Waals surface area contributed by atoms with Crippen molar-refractivity contribution in [1.82, 2.24) is 9.78 Å². The number of carbonyl (C=O) groups is 1. The monoisotopic (exact) mass is 419 g/mol. The quantitative estimate of drug-likeness (QED) is 0.451. The summed E-state index contributed by atoms with van der Waals surface area (Å²) in [6.45, 7) is 9.48. The molecule has 29 heavy (non-hydrogen) atoms. The number of hydrogen-bond acceptors (Lipinski definition) is 3. The summed E-state index contributed by atoms with van der Waals surface area (Å²) in [5.74, 6) is -6.12. The maximum absolute atomic E-state index is 13.9. The number of alkyl halides is 2. The second kappa shape index (κ2) is 8.24. The van der Waals surface area contributed by atoms with Crippen molar-refractivity contribution in [2.75, 3.05) is 0 Å². The van der Waals surface area contributed by atoms with Crippen LogP contribution >= 0.6 is 0 Å². The van der Waals surface area contributed by atoms with Crippen LogP contribution in [0.2, 0.25) is 0 Å². The molecule has 0 spiro atoms. The average Bonchev–Trinajstić information content (AvgIpc) is 3.47. The van der Waals surface area contributed by atoms with Gasteiger partial charge in [-0.15, -0.1) is 0 Å². The Morgan fingerprint density at radius 2 is 2.07 bits per heavy atom. The minimum absolute atomic E-state index is 0. The molecule has 142 valence electrons. The molecule has 0 N–H and O–H groups in total. The number of aryl methyl sites for hydroxylation is 1. The Morgan fingerprint density at radius 1 is 1.34 bits per heavy atom. The number of aromatic nitrogens is 2. The number of nitrogens with zero attached hydrogens (tertiary/aromatic N) is 3. The summed E-state index contributed by atoms with van der Waals surface area (Å²) in [7, 11) is 0. The zero-order valence-electron chi connectivity index (χ0n) is 16.1. The molecule has 2 aromatic carbocycles. The second-order valence-electron chi connectivity index (χ2n) is 7.07. The average molecular weight is 419 g/mol. The molecular formula is C21H16F2KN3O2. The maximum atomic E-state index is 13.9. The summed E-state index contributed by atoms with van der Waals surface area (Å²) in [4.78, 5) is 14.4. The van der Waals surface area contributed by atoms with Crippen molar-refractivity contribution in [3.05, 3.63) is 70.2 Å². The van der Waals surface area contributed by atoms with Crippen LogP contribution < -0.4 is 56.5 Å². The molecule has 1 aromatic heterocycles. The summed E-state index contributed by atoms with van der Waals surface area (Å²) in [5.41, 5.74) is 2.83. The van der Waals surface area contributed by atoms with Gasteiger partial charge in [0, 0.05) is 10.9 Å². The number of fused-ring (bicyclic) bond motifs is 1. The zero-order chi connectivity index (χ0) is 20.1. The Hall–Kier alpha value is -1.63. The number of halogens is 2. The predicted molar refractivity (Wildman–Crippen MR) is 97.2 cm³/mol. The van der Waals surface area contributed by atoms with Crippen LogP contribution in [-0.2, 0) is 17.3 Å². The molecule has 0 radical (unpaired) electrons. The molecular weight excluding hydrogens is 403 g/mol. The minimum Gasteiger partial charge on any atom is -0.544 e. The van der Waals surface area contributed by atoms with E-state index in [0.717, 1.165) is 36.1 Å². The molecule has 0 saturated heterocycles. The van der Waals surface area contributed by atoms with E-state index in [0.29, 0.717) is 28.2 Å². The summed E-state index contributed by atoms with van der Waals surface area (Å²) >= 11 is 0. The Labute approximate surface area is 209 Å². The SMILES string of the molecule is [C-]#[N+]c1cccc(C2CC2)c1Cn1nc(C)c2ccc(C(F)(F)C(=O)[O-])cc21.[K+]. The normalized spacial score (nSPS) is 13.7. The first-order valence-corrected chi connectivity index (χ1v) is 8.89. The van der Waals surface area contributed by atoms with E-state index in [1.807, 2.05) is 12.1 Å². The van der Waals surface area contributed by atoms with Gasteiger partial charge in [-0.25, -0.2) is 4.85 Å². The van der Waals surface area contributed by atoms with E-state index in [9.17, 15) is 18.7 Å². The van der Waals surface area contributed by atoms with Crippen molar-refractivity contribution in [2.24, 2.45) is 0 Å². The fourth-order valence-corrected chi connectivity index (χ4v) is 3.57. The van der Waals surface area contributed by atoms with Crippen LogP contribution in [0.5, 0.6) is 0 Å². The molecule has 3 aromatic rings. The molecule has 1 fully saturated rings. The van der Waals surface area contributed by atoms with E-state index in [1.165, 1.54) is 6.07 Å². The number of carboxylic acid groups (broad SMARTS) is 1. The fourth-order valence-electron chi connectivity index (χ4n) is 3.57. The van der Waals surface area contributed by atoms with Crippen LogP contribution in [0.15, 0.2) is 36.4 Å². The van der Waals surface area contributed by atoms with Gasteiger partial charge < -0.3 is 9.90 Å². The molecule has 4 rings (SSSR count). The molecule has 0 atom stereocenters. The van der Waals surface area contributed by atoms with Gasteiger partial charge in [-0.3, -0.25) is 4.68 Å². The minimum atomic E-state index is -4.09. The third-order valence-electron chi connectivity index (χ3n) is 5.19. The molecule has 0 amide bonds. The second-order valence-corrected chi connectivity index (χ2v) is 7.07. The molecule has 8 heteroatoms. The molecule has 0 unspecified atom stereocenters. The van der Waals surface area contributed by atoms with Gasteiger partial charge in [0.05, 0.1) is 24.3 Å². The first kappa shape index (κ1) is 22.1. The van der Waals surface area contributed by atoms with E-state index < -0.39 is 17.5 Å². The van der Waals surface area contributed by atoms with Crippen molar-refractivity contribution >= 4 is 22.6 Å². The van der Waals surface area contributed by atoms with Gasteiger partial charge >= 0.3 is 57.3 Å². The van der Waals surface area contributed by atoms with Gasteiger partial charge in [0.1, 0.15) is 5.97 Å². The summed E-state index contributed by atoms with van der Waals surface area (Å²) in [6, 6.07) is 9.26. The Bertz CT molecular complexity index is 1150. The van der Waals surface area contributed by atoms with Crippen LogP contribution in [0.25, 0.3) is 15.7 Å². The van der Waals surface area contributed by atoms with Crippen molar-refractivity contribution in [2.45, 2.75) is 38.2 Å². The van der Waals surface area contributed by atoms with Crippen LogP contribution in [0.3, 0.4) is 0 Å². The van der Waals surface area contributed by atoms with Crippen molar-refractivity contribution in [3.8, 4) is 0 Å². The summed E-state index contributed by atoms with van der Waals surface area (Å²) < 4.78 is 29.4. The summed E-state index contributed by atoms with van der Waals surface area (Å²) in [5, 5.41) is 15.9. The Kier molecular flexibility index (Phi) is 6.27. The van der Waals surface area contributed by atoms with Crippen LogP contribution in [0.4, 0.5) is 14.5 Å². The first-order chi connectivity index (χ1) is 13.3. The van der Waals surface area contributed by atoms with Crippen molar-refractivity contribution < 1.29 is 70.1 Å². The van der Waals surface area contributed by atoms with E-state index in [-0.39, 0.29) is 57.9 Å². The molecule has 0 bridgehead atoms. The van der Waals surface area contributed by atoms with Gasteiger partial charge in [0.25, 0.3) is 0 Å². The van der Waals surface area contributed by atoms with E-state index in [1.54, 1.807) is 17.7 Å². The first-order valence-electron chi connectivity index (χ1n) is 8.89. The van der Waals surface area contributed by atoms with Crippen LogP contribution in [0.1, 0.15) is 41.1 Å². The largest absolute Gasteiger partial charge is 1.00 e. The van der Waals surface area contributed by atoms with E-state index in [4.69, 9.17) is 6.57 Å². The molecule has 5 nitrogen and oxygen atoms in total. The maximum Gasteiger partial charge on any atom is 1.00 e. The van der Waals surface area contributed by atoms with Crippen molar-refractivity contribution in [3.63, 3.8) is 0 Å². The van der Waals surface area contributed by atoms with Crippen molar-refractivity contribution in [1.29, 1.82) is 0 Å². The van der Waals surface area contributed by atoms with Gasteiger partial charge in [0.2, 0.25) is 0 Å². The topological polar surface area (TPSA) is 62.3 Å². The number of benzene rings is 2. The van der Waals surface area contributed by atoms with Gasteiger partial charge in [-0.2, -0.15) is 13.9 Å². The number of aliphatic carboxylic acids is 1. The van der Waals surface area contributed by atoms with Gasteiger partial charge in [-0.1, -0.05) is 35.9 Å². The number of hydrogen-bond donors (Lipinski definition) is 0. The zero-order valence-corrected chi connectivity index (χ0v) is 19.2. The molecule has 1 saturated carbocycles. The van der Waals surface area contributed by atoms with Gasteiger partial charge in [0.15, 0.2) is 5.69 Å². The van der Waals surface area contributed by atoms with E-state index >= 15 is 0 Å². The van der Waals surface area contributed by atoms with Crippen LogP contribution in [0, 0.1) is 13.5 Å². The molecule has 1 aliphatic carbocycles. The third kappa shape index (κ3) is 4.02. The number of carbonyl (C=O) groups excluding carboxylic acids is 1. The predicted octanol–water partition coefficient (Wildman–Crippen LogP) is 0.667. The molecule has 1 aliphatic rings. The van der Waals surface area contributed by atoms with E-state index in [2.05, 4.69) is 9.94 Å². The molecule has 0 aliphatic heterocycles. The third-order valence-corrected chi connectivity index (χ3v) is 5.19. The fraction of sp³-hybridized carbons (Fsp3) is 0.286. The summed E-state index contributed by atoms with van der Waals surface area (Å²) in [6.07, 6.45) is 2.13. The Morgan fingerprint density at radius 3 is 2.69 bits per heavy atom. The van der Waals surface area contributed by atoms with Crippen LogP contribution in [-0.4, -0.2) is 15.7 Å². The Balaban J connectivity index is 0.00000240. The molecule has 1 heterocycles. The van der Waals surface area contributed by atoms with Gasteiger partial charge in [-0.05, 0) is 37.3 Å². The standard InChI is InChI=1S/C21H17F2N3O2.K/c1-12-15-9-8-14(21(22,23)20(27)28)10-19(15)26(25-12)11-17-16(13-6-7-13)4-3-5-18(17)24-2;/h3-5,8-10,13H,6-7,11H2,1H3,(H,27,28);/q;+1/p-1. The number of carboxylic acids is 1.